The molecule has 2 aliphatic rings. The summed E-state index contributed by atoms with van der Waals surface area (Å²) in [6, 6.07) is 8.15. The van der Waals surface area contributed by atoms with E-state index in [0.29, 0.717) is 12.5 Å². The molecule has 0 radical (unpaired) electrons. The molecule has 0 unspecified atom stereocenters. The van der Waals surface area contributed by atoms with Crippen LogP contribution in [0.1, 0.15) is 18.4 Å². The topological polar surface area (TPSA) is 29.5 Å². The molecule has 2 atom stereocenters. The van der Waals surface area contributed by atoms with Crippen LogP contribution in [0.4, 0.5) is 0 Å². The molecule has 0 saturated heterocycles. The van der Waals surface area contributed by atoms with Gasteiger partial charge in [0.15, 0.2) is 0 Å². The molecular weight excluding hydrogens is 188 g/mol. The summed E-state index contributed by atoms with van der Waals surface area (Å²) in [5.41, 5.74) is 2.57. The summed E-state index contributed by atoms with van der Waals surface area (Å²) >= 11 is 0. The van der Waals surface area contributed by atoms with Crippen LogP contribution < -0.4 is 4.74 Å². The van der Waals surface area contributed by atoms with Crippen molar-refractivity contribution in [2.75, 3.05) is 6.61 Å². The molecule has 78 valence electrons. The van der Waals surface area contributed by atoms with Gasteiger partial charge < -0.3 is 9.84 Å². The number of benzene rings is 1. The van der Waals surface area contributed by atoms with Crippen LogP contribution in [0.3, 0.4) is 0 Å². The van der Waals surface area contributed by atoms with Crippen LogP contribution in [0.15, 0.2) is 30.3 Å². The molecule has 2 nitrogen and oxygen atoms in total. The molecule has 1 N–H and O–H groups in total. The largest absolute Gasteiger partial charge is 0.492 e. The SMILES string of the molecule is O[C@H]1CC=C2c3ccccc3OC[C@H]2C1. The molecule has 1 aliphatic heterocycles. The monoisotopic (exact) mass is 202 g/mol. The van der Waals surface area contributed by atoms with Gasteiger partial charge in [0.2, 0.25) is 0 Å². The van der Waals surface area contributed by atoms with E-state index >= 15 is 0 Å². The Morgan fingerprint density at radius 2 is 2.13 bits per heavy atom. The summed E-state index contributed by atoms with van der Waals surface area (Å²) in [4.78, 5) is 0. The van der Waals surface area contributed by atoms with Crippen molar-refractivity contribution in [3.8, 4) is 5.75 Å². The molecule has 0 amide bonds. The van der Waals surface area contributed by atoms with Crippen LogP contribution in [-0.2, 0) is 0 Å². The molecule has 1 aliphatic carbocycles. The fourth-order valence-corrected chi connectivity index (χ4v) is 2.49. The Hall–Kier alpha value is -1.28. The lowest BCUT2D eigenvalue weighted by molar-refractivity contribution is 0.130. The van der Waals surface area contributed by atoms with E-state index in [2.05, 4.69) is 12.1 Å². The van der Waals surface area contributed by atoms with Crippen molar-refractivity contribution >= 4 is 5.57 Å². The molecule has 0 bridgehead atoms. The third-order valence-corrected chi connectivity index (χ3v) is 3.24. The molecule has 0 saturated carbocycles. The Morgan fingerprint density at radius 1 is 1.27 bits per heavy atom. The third-order valence-electron chi connectivity index (χ3n) is 3.24. The van der Waals surface area contributed by atoms with Crippen molar-refractivity contribution in [2.24, 2.45) is 5.92 Å². The second-order valence-electron chi connectivity index (χ2n) is 4.29. The minimum atomic E-state index is -0.187. The number of aliphatic hydroxyl groups is 1. The highest BCUT2D eigenvalue weighted by Gasteiger charge is 2.29. The normalized spacial score (nSPS) is 28.5. The number of para-hydroxylation sites is 1. The number of ether oxygens (including phenoxy) is 1. The highest BCUT2D eigenvalue weighted by molar-refractivity contribution is 5.74. The van der Waals surface area contributed by atoms with Gasteiger partial charge in [-0.15, -0.1) is 0 Å². The second kappa shape index (κ2) is 3.38. The fourth-order valence-electron chi connectivity index (χ4n) is 2.49. The van der Waals surface area contributed by atoms with E-state index in [1.54, 1.807) is 0 Å². The van der Waals surface area contributed by atoms with Gasteiger partial charge in [0.25, 0.3) is 0 Å². The lowest BCUT2D eigenvalue weighted by atomic mass is 9.81. The van der Waals surface area contributed by atoms with E-state index in [1.165, 1.54) is 11.1 Å². The van der Waals surface area contributed by atoms with Gasteiger partial charge in [-0.2, -0.15) is 0 Å². The summed E-state index contributed by atoms with van der Waals surface area (Å²) in [5, 5.41) is 9.60. The summed E-state index contributed by atoms with van der Waals surface area (Å²) in [6.07, 6.45) is 3.59. The van der Waals surface area contributed by atoms with E-state index in [0.717, 1.165) is 18.6 Å². The van der Waals surface area contributed by atoms with Crippen molar-refractivity contribution in [3.63, 3.8) is 0 Å². The van der Waals surface area contributed by atoms with Crippen molar-refractivity contribution in [2.45, 2.75) is 18.9 Å². The van der Waals surface area contributed by atoms with E-state index in [4.69, 9.17) is 4.74 Å². The Morgan fingerprint density at radius 3 is 3.07 bits per heavy atom. The Bertz CT molecular complexity index is 409. The second-order valence-corrected chi connectivity index (χ2v) is 4.29. The minimum Gasteiger partial charge on any atom is -0.492 e. The summed E-state index contributed by atoms with van der Waals surface area (Å²) in [7, 11) is 0. The number of hydrogen-bond acceptors (Lipinski definition) is 2. The van der Waals surface area contributed by atoms with Gasteiger partial charge >= 0.3 is 0 Å². The lowest BCUT2D eigenvalue weighted by Crippen LogP contribution is -2.27. The lowest BCUT2D eigenvalue weighted by Gasteiger charge is -2.32. The smallest absolute Gasteiger partial charge is 0.126 e. The maximum absolute atomic E-state index is 9.60. The Kier molecular flexibility index (Phi) is 2.03. The molecule has 2 heteroatoms. The predicted molar refractivity (Wildman–Crippen MR) is 58.6 cm³/mol. The van der Waals surface area contributed by atoms with E-state index in [9.17, 15) is 5.11 Å². The molecule has 0 spiro atoms. The van der Waals surface area contributed by atoms with Gasteiger partial charge in [0.05, 0.1) is 12.7 Å². The average Bonchev–Trinajstić information content (AvgIpc) is 2.28. The van der Waals surface area contributed by atoms with Crippen molar-refractivity contribution in [1.29, 1.82) is 0 Å². The fraction of sp³-hybridized carbons (Fsp3) is 0.385. The number of aliphatic hydroxyl groups excluding tert-OH is 1. The van der Waals surface area contributed by atoms with Crippen molar-refractivity contribution in [1.82, 2.24) is 0 Å². The zero-order valence-electron chi connectivity index (χ0n) is 8.52. The molecule has 1 heterocycles. The van der Waals surface area contributed by atoms with E-state index in [-0.39, 0.29) is 6.10 Å². The van der Waals surface area contributed by atoms with Gasteiger partial charge in [-0.3, -0.25) is 0 Å². The first-order valence-corrected chi connectivity index (χ1v) is 5.45. The summed E-state index contributed by atoms with van der Waals surface area (Å²) < 4.78 is 5.69. The first-order valence-electron chi connectivity index (χ1n) is 5.45. The van der Waals surface area contributed by atoms with Gasteiger partial charge in [0.1, 0.15) is 5.75 Å². The minimum absolute atomic E-state index is 0.187. The van der Waals surface area contributed by atoms with E-state index < -0.39 is 0 Å². The Labute approximate surface area is 89.2 Å². The average molecular weight is 202 g/mol. The van der Waals surface area contributed by atoms with Gasteiger partial charge in [-0.25, -0.2) is 0 Å². The summed E-state index contributed by atoms with van der Waals surface area (Å²) in [5.74, 6) is 1.36. The standard InChI is InChI=1S/C13H14O2/c14-10-5-6-11-9(7-10)8-15-13-4-2-1-3-12(11)13/h1-4,6,9-10,14H,5,7-8H2/t9-,10+/m1/s1. The molecule has 1 aromatic carbocycles. The molecule has 15 heavy (non-hydrogen) atoms. The number of hydrogen-bond donors (Lipinski definition) is 1. The Balaban J connectivity index is 2.06. The number of fused-ring (bicyclic) bond motifs is 3. The van der Waals surface area contributed by atoms with Crippen LogP contribution in [0, 0.1) is 5.92 Å². The molecule has 0 fully saturated rings. The van der Waals surface area contributed by atoms with Crippen LogP contribution in [0.2, 0.25) is 0 Å². The van der Waals surface area contributed by atoms with Gasteiger partial charge in [0, 0.05) is 11.5 Å². The van der Waals surface area contributed by atoms with Gasteiger partial charge in [-0.1, -0.05) is 24.3 Å². The zero-order valence-corrected chi connectivity index (χ0v) is 8.52. The van der Waals surface area contributed by atoms with Crippen LogP contribution in [-0.4, -0.2) is 17.8 Å². The number of rotatable bonds is 0. The first-order chi connectivity index (χ1) is 7.34. The maximum atomic E-state index is 9.60. The van der Waals surface area contributed by atoms with Crippen molar-refractivity contribution < 1.29 is 9.84 Å². The van der Waals surface area contributed by atoms with Crippen LogP contribution >= 0.6 is 0 Å². The highest BCUT2D eigenvalue weighted by atomic mass is 16.5. The molecule has 0 aromatic heterocycles. The highest BCUT2D eigenvalue weighted by Crippen LogP contribution is 2.40. The quantitative estimate of drug-likeness (QED) is 0.699. The van der Waals surface area contributed by atoms with Crippen molar-refractivity contribution in [3.05, 3.63) is 35.9 Å². The summed E-state index contributed by atoms with van der Waals surface area (Å²) in [6.45, 7) is 0.708. The van der Waals surface area contributed by atoms with Crippen LogP contribution in [0.5, 0.6) is 5.75 Å². The first kappa shape index (κ1) is 8.98. The molecule has 3 rings (SSSR count). The predicted octanol–water partition coefficient (Wildman–Crippen LogP) is 2.23. The third kappa shape index (κ3) is 1.45. The molecule has 1 aromatic rings. The zero-order chi connectivity index (χ0) is 10.3. The molecular formula is C13H14O2. The maximum Gasteiger partial charge on any atom is 0.126 e. The van der Waals surface area contributed by atoms with E-state index in [1.807, 2.05) is 18.2 Å². The van der Waals surface area contributed by atoms with Crippen LogP contribution in [0.25, 0.3) is 5.57 Å². The van der Waals surface area contributed by atoms with Gasteiger partial charge in [-0.05, 0) is 24.5 Å².